The molecule has 0 radical (unpaired) electrons. The molecule has 0 aliphatic carbocycles. The molecule has 0 unspecified atom stereocenters. The zero-order valence-corrected chi connectivity index (χ0v) is 17.2. The number of sulfonamides is 1. The van der Waals surface area contributed by atoms with Gasteiger partial charge in [-0.05, 0) is 42.8 Å². The number of aromatic nitrogens is 2. The Kier molecular flexibility index (Phi) is 5.74. The molecular weight excluding hydrogens is 384 g/mol. The van der Waals surface area contributed by atoms with Crippen LogP contribution in [0.5, 0.6) is 0 Å². The second-order valence-corrected chi connectivity index (χ2v) is 9.07. The van der Waals surface area contributed by atoms with E-state index in [1.807, 2.05) is 30.3 Å². The van der Waals surface area contributed by atoms with Crippen molar-refractivity contribution in [2.24, 2.45) is 0 Å². The van der Waals surface area contributed by atoms with Gasteiger partial charge in [-0.15, -0.1) is 0 Å². The molecule has 3 rings (SSSR count). The van der Waals surface area contributed by atoms with Gasteiger partial charge in [0.2, 0.25) is 10.0 Å². The van der Waals surface area contributed by atoms with Crippen LogP contribution in [0.2, 0.25) is 5.02 Å². The molecule has 3 aromatic rings. The van der Waals surface area contributed by atoms with E-state index in [2.05, 4.69) is 21.8 Å². The molecule has 8 heteroatoms. The lowest BCUT2D eigenvalue weighted by molar-refractivity contribution is 0.521. The monoisotopic (exact) mass is 406 g/mol. The van der Waals surface area contributed by atoms with Gasteiger partial charge in [0, 0.05) is 31.4 Å². The van der Waals surface area contributed by atoms with Gasteiger partial charge in [-0.2, -0.15) is 0 Å². The molecule has 0 aliphatic heterocycles. The minimum absolute atomic E-state index is 0.246. The SMILES string of the molecule is CCCn1c(CNc2cccc(Cl)c2)nc2cc(S(=O)(=O)N(C)C)ccc21. The lowest BCUT2D eigenvalue weighted by Gasteiger charge is -2.11. The van der Waals surface area contributed by atoms with E-state index in [4.69, 9.17) is 11.6 Å². The van der Waals surface area contributed by atoms with Crippen molar-refractivity contribution in [1.82, 2.24) is 13.9 Å². The van der Waals surface area contributed by atoms with E-state index in [1.54, 1.807) is 12.1 Å². The van der Waals surface area contributed by atoms with Crippen molar-refractivity contribution in [3.8, 4) is 0 Å². The summed E-state index contributed by atoms with van der Waals surface area (Å²) in [5.41, 5.74) is 2.51. The van der Waals surface area contributed by atoms with Gasteiger partial charge in [0.15, 0.2) is 0 Å². The maximum Gasteiger partial charge on any atom is 0.242 e. The van der Waals surface area contributed by atoms with Gasteiger partial charge in [0.05, 0.1) is 22.5 Å². The maximum atomic E-state index is 12.4. The molecule has 2 aromatic carbocycles. The van der Waals surface area contributed by atoms with Crippen LogP contribution < -0.4 is 5.32 Å². The fourth-order valence-corrected chi connectivity index (χ4v) is 4.03. The lowest BCUT2D eigenvalue weighted by atomic mass is 10.3. The van der Waals surface area contributed by atoms with Crippen LogP contribution in [0.15, 0.2) is 47.4 Å². The molecule has 0 saturated heterocycles. The molecule has 27 heavy (non-hydrogen) atoms. The van der Waals surface area contributed by atoms with Gasteiger partial charge in [-0.3, -0.25) is 0 Å². The van der Waals surface area contributed by atoms with Crippen LogP contribution in [-0.4, -0.2) is 36.4 Å². The highest BCUT2D eigenvalue weighted by atomic mass is 35.5. The van der Waals surface area contributed by atoms with Crippen LogP contribution in [0.3, 0.4) is 0 Å². The quantitative estimate of drug-likeness (QED) is 0.644. The third-order valence-electron chi connectivity index (χ3n) is 4.30. The summed E-state index contributed by atoms with van der Waals surface area (Å²) < 4.78 is 28.1. The number of fused-ring (bicyclic) bond motifs is 1. The third-order valence-corrected chi connectivity index (χ3v) is 6.35. The molecule has 1 N–H and O–H groups in total. The summed E-state index contributed by atoms with van der Waals surface area (Å²) in [6.45, 7) is 3.43. The van der Waals surface area contributed by atoms with Crippen molar-refractivity contribution >= 4 is 38.3 Å². The highest BCUT2D eigenvalue weighted by Gasteiger charge is 2.19. The van der Waals surface area contributed by atoms with E-state index in [1.165, 1.54) is 18.4 Å². The molecule has 144 valence electrons. The van der Waals surface area contributed by atoms with Gasteiger partial charge >= 0.3 is 0 Å². The fraction of sp³-hybridized carbons (Fsp3) is 0.316. The van der Waals surface area contributed by atoms with Crippen LogP contribution >= 0.6 is 11.6 Å². The van der Waals surface area contributed by atoms with E-state index < -0.39 is 10.0 Å². The molecule has 6 nitrogen and oxygen atoms in total. The number of nitrogens with zero attached hydrogens (tertiary/aromatic N) is 3. The topological polar surface area (TPSA) is 67.2 Å². The second-order valence-electron chi connectivity index (χ2n) is 6.48. The summed E-state index contributed by atoms with van der Waals surface area (Å²) in [4.78, 5) is 4.93. The summed E-state index contributed by atoms with van der Waals surface area (Å²) in [6.07, 6.45) is 0.952. The fourth-order valence-electron chi connectivity index (χ4n) is 2.92. The number of nitrogens with one attached hydrogen (secondary N) is 1. The Balaban J connectivity index is 1.97. The summed E-state index contributed by atoms with van der Waals surface area (Å²) in [5, 5.41) is 4.00. The second kappa shape index (κ2) is 7.88. The molecule has 1 heterocycles. The summed E-state index contributed by atoms with van der Waals surface area (Å²) in [7, 11) is -0.444. The maximum absolute atomic E-state index is 12.4. The molecule has 0 aliphatic rings. The predicted octanol–water partition coefficient (Wildman–Crippen LogP) is 3.96. The van der Waals surface area contributed by atoms with Gasteiger partial charge in [0.25, 0.3) is 0 Å². The van der Waals surface area contributed by atoms with Crippen LogP contribution in [0, 0.1) is 0 Å². The molecular formula is C19H23ClN4O2S. The zero-order valence-electron chi connectivity index (χ0n) is 15.6. The van der Waals surface area contributed by atoms with Crippen molar-refractivity contribution < 1.29 is 8.42 Å². The molecule has 0 bridgehead atoms. The largest absolute Gasteiger partial charge is 0.378 e. The molecule has 0 spiro atoms. The molecule has 1 aromatic heterocycles. The number of hydrogen-bond donors (Lipinski definition) is 1. The van der Waals surface area contributed by atoms with Gasteiger partial charge in [-0.1, -0.05) is 24.6 Å². The first-order valence-corrected chi connectivity index (χ1v) is 10.6. The first-order chi connectivity index (χ1) is 12.8. The van der Waals surface area contributed by atoms with Crippen LogP contribution in [0.4, 0.5) is 5.69 Å². The number of anilines is 1. The van der Waals surface area contributed by atoms with E-state index >= 15 is 0 Å². The van der Waals surface area contributed by atoms with Crippen molar-refractivity contribution in [3.05, 3.63) is 53.3 Å². The minimum atomic E-state index is -3.49. The standard InChI is InChI=1S/C19H23ClN4O2S/c1-4-10-24-18-9-8-16(27(25,26)23(2)3)12-17(18)22-19(24)13-21-15-7-5-6-14(20)11-15/h5-9,11-12,21H,4,10,13H2,1-3H3. The number of rotatable bonds is 7. The minimum Gasteiger partial charge on any atom is -0.378 e. The Labute approximate surface area is 164 Å². The van der Waals surface area contributed by atoms with E-state index in [0.29, 0.717) is 17.1 Å². The van der Waals surface area contributed by atoms with Gasteiger partial charge in [-0.25, -0.2) is 17.7 Å². The van der Waals surface area contributed by atoms with Gasteiger partial charge < -0.3 is 9.88 Å². The van der Waals surface area contributed by atoms with Crippen molar-refractivity contribution in [2.45, 2.75) is 31.3 Å². The third kappa shape index (κ3) is 4.10. The van der Waals surface area contributed by atoms with E-state index in [-0.39, 0.29) is 4.90 Å². The van der Waals surface area contributed by atoms with Crippen molar-refractivity contribution in [2.75, 3.05) is 19.4 Å². The average molecular weight is 407 g/mol. The molecule has 0 fully saturated rings. The zero-order chi connectivity index (χ0) is 19.6. The summed E-state index contributed by atoms with van der Waals surface area (Å²) in [6, 6.07) is 12.6. The number of imidazole rings is 1. The van der Waals surface area contributed by atoms with Crippen molar-refractivity contribution in [3.63, 3.8) is 0 Å². The van der Waals surface area contributed by atoms with Gasteiger partial charge in [0.1, 0.15) is 5.82 Å². The molecule has 0 saturated carbocycles. The average Bonchev–Trinajstić information content (AvgIpc) is 2.97. The first-order valence-electron chi connectivity index (χ1n) is 8.74. The van der Waals surface area contributed by atoms with Crippen LogP contribution in [0.25, 0.3) is 11.0 Å². The lowest BCUT2D eigenvalue weighted by Crippen LogP contribution is -2.22. The normalized spacial score (nSPS) is 12.0. The first kappa shape index (κ1) is 19.7. The Morgan fingerprint density at radius 2 is 1.96 bits per heavy atom. The highest BCUT2D eigenvalue weighted by Crippen LogP contribution is 2.23. The molecule has 0 atom stereocenters. The predicted molar refractivity (Wildman–Crippen MR) is 110 cm³/mol. The highest BCUT2D eigenvalue weighted by molar-refractivity contribution is 7.89. The Bertz CT molecular complexity index is 1060. The van der Waals surface area contributed by atoms with E-state index in [9.17, 15) is 8.42 Å². The van der Waals surface area contributed by atoms with E-state index in [0.717, 1.165) is 30.0 Å². The summed E-state index contributed by atoms with van der Waals surface area (Å²) >= 11 is 6.04. The number of aryl methyl sites for hydroxylation is 1. The van der Waals surface area contributed by atoms with Crippen LogP contribution in [0.1, 0.15) is 19.2 Å². The van der Waals surface area contributed by atoms with Crippen molar-refractivity contribution in [1.29, 1.82) is 0 Å². The molecule has 0 amide bonds. The number of hydrogen-bond acceptors (Lipinski definition) is 4. The smallest absolute Gasteiger partial charge is 0.242 e. The summed E-state index contributed by atoms with van der Waals surface area (Å²) in [5.74, 6) is 0.853. The number of halogens is 1. The van der Waals surface area contributed by atoms with Crippen LogP contribution in [-0.2, 0) is 23.1 Å². The Morgan fingerprint density at radius 1 is 1.19 bits per heavy atom. The Hall–Kier alpha value is -2.09. The number of benzene rings is 2. The Morgan fingerprint density at radius 3 is 2.63 bits per heavy atom.